The molecule has 7 heteroatoms. The summed E-state index contributed by atoms with van der Waals surface area (Å²) in [6.45, 7) is 4.94. The van der Waals surface area contributed by atoms with Gasteiger partial charge in [-0.2, -0.15) is 0 Å². The van der Waals surface area contributed by atoms with E-state index in [2.05, 4.69) is 10.6 Å². The number of hydrogen-bond donors (Lipinski definition) is 3. The summed E-state index contributed by atoms with van der Waals surface area (Å²) in [6.07, 6.45) is 5.68. The zero-order valence-electron chi connectivity index (χ0n) is 15.9. The average Bonchev–Trinajstić information content (AvgIpc) is 2.39. The molecule has 2 atom stereocenters. The summed E-state index contributed by atoms with van der Waals surface area (Å²) in [7, 11) is 0. The van der Waals surface area contributed by atoms with Gasteiger partial charge in [0.05, 0.1) is 12.0 Å². The molecule has 3 amide bonds. The number of carbonyl (C=O) groups is 3. The van der Waals surface area contributed by atoms with Gasteiger partial charge < -0.3 is 15.2 Å². The maximum Gasteiger partial charge on any atom is 0.321 e. The number of imide groups is 1. The molecule has 3 N–H and O–H groups in total. The highest BCUT2D eigenvalue weighted by atomic mass is 16.5. The zero-order chi connectivity index (χ0) is 19.2. The van der Waals surface area contributed by atoms with Crippen LogP contribution in [-0.4, -0.2) is 40.8 Å². The Kier molecular flexibility index (Phi) is 4.80. The second kappa shape index (κ2) is 6.51. The summed E-state index contributed by atoms with van der Waals surface area (Å²) in [5.74, 6) is -0.0805. The first-order chi connectivity index (χ1) is 12.0. The van der Waals surface area contributed by atoms with Crippen molar-refractivity contribution in [2.75, 3.05) is 6.61 Å². The average molecular weight is 366 g/mol. The van der Waals surface area contributed by atoms with Crippen LogP contribution in [0, 0.1) is 17.3 Å². The second-order valence-corrected chi connectivity index (χ2v) is 9.78. The van der Waals surface area contributed by atoms with E-state index in [1.807, 2.05) is 0 Å². The minimum atomic E-state index is -0.649. The number of ether oxygens (including phenoxy) is 1. The summed E-state index contributed by atoms with van der Waals surface area (Å²) >= 11 is 0. The zero-order valence-corrected chi connectivity index (χ0v) is 15.9. The molecule has 0 unspecified atom stereocenters. The molecule has 0 aliphatic heterocycles. The lowest BCUT2D eigenvalue weighted by molar-refractivity contribution is -0.177. The molecule has 0 aromatic carbocycles. The van der Waals surface area contributed by atoms with Crippen molar-refractivity contribution in [1.82, 2.24) is 10.6 Å². The maximum atomic E-state index is 12.3. The number of nitrogens with one attached hydrogen (secondary N) is 2. The topological polar surface area (TPSA) is 105 Å². The first-order valence-electron chi connectivity index (χ1n) is 9.46. The Bertz CT molecular complexity index is 596. The van der Waals surface area contributed by atoms with E-state index in [-0.39, 0.29) is 11.8 Å². The minimum Gasteiger partial charge on any atom is -0.456 e. The molecule has 26 heavy (non-hydrogen) atoms. The fourth-order valence-corrected chi connectivity index (χ4v) is 5.65. The van der Waals surface area contributed by atoms with Crippen LogP contribution in [0.1, 0.15) is 65.7 Å². The Hall–Kier alpha value is -1.63. The highest BCUT2D eigenvalue weighted by Gasteiger charge is 2.57. The Morgan fingerprint density at radius 1 is 1.12 bits per heavy atom. The number of carbonyl (C=O) groups excluding carboxylic acids is 3. The van der Waals surface area contributed by atoms with E-state index in [9.17, 15) is 19.5 Å². The van der Waals surface area contributed by atoms with Crippen LogP contribution in [0.25, 0.3) is 0 Å². The second-order valence-electron chi connectivity index (χ2n) is 9.78. The van der Waals surface area contributed by atoms with E-state index in [4.69, 9.17) is 4.74 Å². The molecule has 7 nitrogen and oxygen atoms in total. The molecule has 4 rings (SSSR count). The van der Waals surface area contributed by atoms with Crippen molar-refractivity contribution in [3.63, 3.8) is 0 Å². The van der Waals surface area contributed by atoms with Crippen LogP contribution in [0.15, 0.2) is 0 Å². The summed E-state index contributed by atoms with van der Waals surface area (Å²) in [5, 5.41) is 15.5. The van der Waals surface area contributed by atoms with Crippen LogP contribution in [-0.2, 0) is 14.3 Å². The van der Waals surface area contributed by atoms with Gasteiger partial charge in [0.1, 0.15) is 0 Å². The lowest BCUT2D eigenvalue weighted by Gasteiger charge is -2.60. The van der Waals surface area contributed by atoms with E-state index in [0.29, 0.717) is 18.3 Å². The van der Waals surface area contributed by atoms with Crippen LogP contribution in [0.4, 0.5) is 4.79 Å². The molecule has 0 spiro atoms. The Labute approximate surface area is 154 Å². The van der Waals surface area contributed by atoms with Gasteiger partial charge in [-0.05, 0) is 76.5 Å². The molecule has 0 aromatic rings. The van der Waals surface area contributed by atoms with Gasteiger partial charge in [-0.3, -0.25) is 14.9 Å². The van der Waals surface area contributed by atoms with Crippen molar-refractivity contribution < 1.29 is 24.2 Å². The maximum absolute atomic E-state index is 12.3. The number of esters is 1. The fourth-order valence-electron chi connectivity index (χ4n) is 5.65. The first-order valence-corrected chi connectivity index (χ1v) is 9.46. The van der Waals surface area contributed by atoms with E-state index in [0.717, 1.165) is 32.1 Å². The quantitative estimate of drug-likeness (QED) is 0.659. The summed E-state index contributed by atoms with van der Waals surface area (Å²) in [6, 6.07) is -0.609. The normalized spacial score (nSPS) is 35.1. The van der Waals surface area contributed by atoms with Crippen molar-refractivity contribution >= 4 is 17.9 Å². The van der Waals surface area contributed by atoms with Crippen molar-refractivity contribution in [2.45, 2.75) is 76.9 Å². The number of aliphatic hydroxyl groups is 1. The van der Waals surface area contributed by atoms with Crippen LogP contribution >= 0.6 is 0 Å². The fraction of sp³-hybridized carbons (Fsp3) is 0.842. The SMILES string of the molecule is CC(C)(C)NC(=O)NC(=O)COC(=O)CC12C[C@@H]3C[C@H](CC(O)(C3)C1)C2. The molecule has 0 heterocycles. The van der Waals surface area contributed by atoms with Gasteiger partial charge in [0.15, 0.2) is 6.61 Å². The Morgan fingerprint density at radius 3 is 2.27 bits per heavy atom. The standard InChI is InChI=1S/C19H30N2O5/c1-17(2,3)21-16(24)20-14(22)10-26-15(23)9-18-5-12-4-13(6-18)8-19(25,7-12)11-18/h12-13,25H,4-11H2,1-3H3,(H2,20,21,22,24)/t12-,13-,18?,19?/m0/s1. The highest BCUT2D eigenvalue weighted by Crippen LogP contribution is 2.62. The lowest BCUT2D eigenvalue weighted by atomic mass is 9.47. The Balaban J connectivity index is 1.46. The third-order valence-corrected chi connectivity index (χ3v) is 5.78. The van der Waals surface area contributed by atoms with Gasteiger partial charge in [-0.15, -0.1) is 0 Å². The number of urea groups is 1. The molecule has 4 aliphatic carbocycles. The molecule has 0 saturated heterocycles. The van der Waals surface area contributed by atoms with Crippen LogP contribution in [0.5, 0.6) is 0 Å². The molecule has 4 bridgehead atoms. The van der Waals surface area contributed by atoms with Crippen molar-refractivity contribution in [2.24, 2.45) is 17.3 Å². The molecule has 4 aliphatic rings. The largest absolute Gasteiger partial charge is 0.456 e. The molecule has 0 radical (unpaired) electrons. The number of hydrogen-bond acceptors (Lipinski definition) is 5. The van der Waals surface area contributed by atoms with Gasteiger partial charge in [-0.25, -0.2) is 4.79 Å². The van der Waals surface area contributed by atoms with Crippen LogP contribution in [0.2, 0.25) is 0 Å². The molecule has 4 fully saturated rings. The van der Waals surface area contributed by atoms with Crippen molar-refractivity contribution in [3.05, 3.63) is 0 Å². The van der Waals surface area contributed by atoms with Crippen molar-refractivity contribution in [3.8, 4) is 0 Å². The molecule has 4 saturated carbocycles. The third kappa shape index (κ3) is 4.55. The van der Waals surface area contributed by atoms with E-state index in [1.165, 1.54) is 0 Å². The Morgan fingerprint density at radius 2 is 1.73 bits per heavy atom. The van der Waals surface area contributed by atoms with E-state index >= 15 is 0 Å². The number of amides is 3. The molecular weight excluding hydrogens is 336 g/mol. The van der Waals surface area contributed by atoms with Gasteiger partial charge in [0, 0.05) is 5.54 Å². The third-order valence-electron chi connectivity index (χ3n) is 5.78. The van der Waals surface area contributed by atoms with E-state index < -0.39 is 35.7 Å². The monoisotopic (exact) mass is 366 g/mol. The summed E-state index contributed by atoms with van der Waals surface area (Å²) < 4.78 is 5.09. The van der Waals surface area contributed by atoms with Gasteiger partial charge in [0.25, 0.3) is 5.91 Å². The summed E-state index contributed by atoms with van der Waals surface area (Å²) in [4.78, 5) is 35.7. The molecule has 0 aromatic heterocycles. The van der Waals surface area contributed by atoms with Crippen LogP contribution in [0.3, 0.4) is 0 Å². The van der Waals surface area contributed by atoms with Gasteiger partial charge >= 0.3 is 12.0 Å². The van der Waals surface area contributed by atoms with Gasteiger partial charge in [0.2, 0.25) is 0 Å². The molecular formula is C19H30N2O5. The first kappa shape index (κ1) is 19.1. The van der Waals surface area contributed by atoms with E-state index in [1.54, 1.807) is 20.8 Å². The number of rotatable bonds is 4. The van der Waals surface area contributed by atoms with Crippen molar-refractivity contribution in [1.29, 1.82) is 0 Å². The van der Waals surface area contributed by atoms with Gasteiger partial charge in [-0.1, -0.05) is 0 Å². The predicted molar refractivity (Wildman–Crippen MR) is 94.1 cm³/mol. The minimum absolute atomic E-state index is 0.185. The predicted octanol–water partition coefficient (Wildman–Crippen LogP) is 1.88. The van der Waals surface area contributed by atoms with Crippen LogP contribution < -0.4 is 10.6 Å². The highest BCUT2D eigenvalue weighted by molar-refractivity contribution is 5.95. The summed E-state index contributed by atoms with van der Waals surface area (Å²) in [5.41, 5.74) is -1.26. The lowest BCUT2D eigenvalue weighted by Crippen LogP contribution is -2.56. The molecule has 146 valence electrons. The smallest absolute Gasteiger partial charge is 0.321 e.